The molecule has 0 spiro atoms. The summed E-state index contributed by atoms with van der Waals surface area (Å²) >= 11 is 0. The first kappa shape index (κ1) is 14.9. The van der Waals surface area contributed by atoms with Crippen LogP contribution in [0.15, 0.2) is 46.8 Å². The van der Waals surface area contributed by atoms with Crippen molar-refractivity contribution in [1.82, 2.24) is 0 Å². The van der Waals surface area contributed by atoms with E-state index >= 15 is 0 Å². The smallest absolute Gasteiger partial charge is 0.125 e. The molecule has 0 aliphatic heterocycles. The van der Waals surface area contributed by atoms with Crippen molar-refractivity contribution < 1.29 is 10.3 Å². The lowest BCUT2D eigenvalue weighted by Crippen LogP contribution is -2.75. The number of azo groups is 1. The van der Waals surface area contributed by atoms with Crippen LogP contribution in [0.3, 0.4) is 0 Å². The molecule has 0 saturated heterocycles. The molecule has 0 bridgehead atoms. The Labute approximate surface area is 112 Å². The number of hydrogen-bond donors (Lipinski definition) is 3. The average Bonchev–Trinajstić information content (AvgIpc) is 2.38. The fourth-order valence-electron chi connectivity index (χ4n) is 1.31. The number of hydrogen-bond acceptors (Lipinski definition) is 5. The molecule has 1 aromatic carbocycles. The zero-order chi connectivity index (χ0) is 14.1. The maximum Gasteiger partial charge on any atom is 0.125 e. The number of aryl methyl sites for hydroxylation is 1. The predicted octanol–water partition coefficient (Wildman–Crippen LogP) is 1.44. The van der Waals surface area contributed by atoms with Gasteiger partial charge in [-0.1, -0.05) is 12.2 Å². The Morgan fingerprint density at radius 2 is 2.05 bits per heavy atom. The standard InChI is InChI=1S/C13H19N5O/c1-10-8-13(12(15)9-11(10)14)18-16-6-4-3-5-7-17-19-2/h3-5,7-9,17H,6,14-15H2,1-2H3/p+1/b4-3-,7-5-,18-16?. The summed E-state index contributed by atoms with van der Waals surface area (Å²) in [6.45, 7) is 2.39. The molecule has 6 nitrogen and oxygen atoms in total. The number of nitrogen functional groups attached to an aromatic ring is 2. The van der Waals surface area contributed by atoms with Crippen molar-refractivity contribution in [3.8, 4) is 0 Å². The van der Waals surface area contributed by atoms with Crippen LogP contribution in [0, 0.1) is 6.92 Å². The first-order chi connectivity index (χ1) is 9.15. The van der Waals surface area contributed by atoms with E-state index in [4.69, 9.17) is 16.3 Å². The van der Waals surface area contributed by atoms with Gasteiger partial charge in [0.1, 0.15) is 11.9 Å². The Balaban J connectivity index is 2.51. The predicted molar refractivity (Wildman–Crippen MR) is 76.6 cm³/mol. The molecule has 19 heavy (non-hydrogen) atoms. The van der Waals surface area contributed by atoms with E-state index in [1.165, 1.54) is 0 Å². The van der Waals surface area contributed by atoms with Crippen LogP contribution in [0.1, 0.15) is 5.56 Å². The molecule has 0 saturated carbocycles. The summed E-state index contributed by atoms with van der Waals surface area (Å²) in [6, 6.07) is 3.52. The minimum absolute atomic E-state index is 0.486. The second-order valence-electron chi connectivity index (χ2n) is 3.88. The molecule has 0 fully saturated rings. The molecule has 6 N–H and O–H groups in total. The summed E-state index contributed by atoms with van der Waals surface area (Å²) in [4.78, 5) is 4.75. The van der Waals surface area contributed by atoms with Gasteiger partial charge in [-0.2, -0.15) is 15.7 Å². The van der Waals surface area contributed by atoms with Gasteiger partial charge in [0.2, 0.25) is 0 Å². The van der Waals surface area contributed by atoms with Gasteiger partial charge in [0.25, 0.3) is 0 Å². The first-order valence-electron chi connectivity index (χ1n) is 5.86. The molecule has 102 valence electrons. The first-order valence-corrected chi connectivity index (χ1v) is 5.86. The molecule has 0 unspecified atom stereocenters. The molecule has 0 amide bonds. The van der Waals surface area contributed by atoms with Gasteiger partial charge in [0.15, 0.2) is 0 Å². The van der Waals surface area contributed by atoms with E-state index in [2.05, 4.69) is 10.2 Å². The minimum atomic E-state index is 0.486. The third-order valence-electron chi connectivity index (χ3n) is 2.35. The number of nitrogens with zero attached hydrogens (tertiary/aromatic N) is 2. The lowest BCUT2D eigenvalue weighted by molar-refractivity contribution is -0.842. The lowest BCUT2D eigenvalue weighted by atomic mass is 10.1. The zero-order valence-corrected chi connectivity index (χ0v) is 11.2. The van der Waals surface area contributed by atoms with Crippen LogP contribution < -0.4 is 16.9 Å². The Kier molecular flexibility index (Phi) is 6.28. The number of anilines is 2. The van der Waals surface area contributed by atoms with Gasteiger partial charge in [-0.15, -0.1) is 0 Å². The third-order valence-corrected chi connectivity index (χ3v) is 2.35. The van der Waals surface area contributed by atoms with Crippen LogP contribution >= 0.6 is 0 Å². The van der Waals surface area contributed by atoms with Crippen LogP contribution in [-0.4, -0.2) is 13.7 Å². The molecule has 0 aliphatic rings. The highest BCUT2D eigenvalue weighted by Gasteiger charge is 2.01. The highest BCUT2D eigenvalue weighted by atomic mass is 16.6. The molecule has 0 atom stereocenters. The van der Waals surface area contributed by atoms with Crippen molar-refractivity contribution in [2.24, 2.45) is 10.2 Å². The van der Waals surface area contributed by atoms with E-state index in [0.29, 0.717) is 23.6 Å². The van der Waals surface area contributed by atoms with Gasteiger partial charge in [0, 0.05) is 5.69 Å². The van der Waals surface area contributed by atoms with Crippen LogP contribution in [0.25, 0.3) is 0 Å². The molecule has 0 aliphatic carbocycles. The summed E-state index contributed by atoms with van der Waals surface area (Å²) < 4.78 is 0. The fraction of sp³-hybridized carbons (Fsp3) is 0.231. The Morgan fingerprint density at radius 1 is 1.26 bits per heavy atom. The van der Waals surface area contributed by atoms with Crippen molar-refractivity contribution >= 4 is 17.1 Å². The van der Waals surface area contributed by atoms with Crippen LogP contribution in [0.4, 0.5) is 17.1 Å². The van der Waals surface area contributed by atoms with Crippen molar-refractivity contribution in [3.05, 3.63) is 42.1 Å². The highest BCUT2D eigenvalue weighted by Crippen LogP contribution is 2.27. The van der Waals surface area contributed by atoms with E-state index in [-0.39, 0.29) is 0 Å². The molecule has 1 rings (SSSR count). The minimum Gasteiger partial charge on any atom is -0.398 e. The Bertz CT molecular complexity index is 494. The summed E-state index contributed by atoms with van der Waals surface area (Å²) in [7, 11) is 1.60. The number of quaternary nitrogens is 1. The summed E-state index contributed by atoms with van der Waals surface area (Å²) in [5.41, 5.74) is 15.9. The molecular weight excluding hydrogens is 242 g/mol. The zero-order valence-electron chi connectivity index (χ0n) is 11.2. The van der Waals surface area contributed by atoms with Gasteiger partial charge in [-0.3, -0.25) is 0 Å². The van der Waals surface area contributed by atoms with E-state index in [9.17, 15) is 0 Å². The largest absolute Gasteiger partial charge is 0.398 e. The Morgan fingerprint density at radius 3 is 2.79 bits per heavy atom. The average molecular weight is 262 g/mol. The monoisotopic (exact) mass is 262 g/mol. The maximum absolute atomic E-state index is 5.81. The molecule has 1 aromatic rings. The van der Waals surface area contributed by atoms with Crippen molar-refractivity contribution in [1.29, 1.82) is 0 Å². The second kappa shape index (κ2) is 8.02. The molecule has 6 heteroatoms. The lowest BCUT2D eigenvalue weighted by Gasteiger charge is -2.03. The summed E-state index contributed by atoms with van der Waals surface area (Å²) in [5, 5.41) is 8.11. The van der Waals surface area contributed by atoms with E-state index < -0.39 is 0 Å². The number of allylic oxidation sites excluding steroid dienone is 2. The second-order valence-corrected chi connectivity index (χ2v) is 3.88. The molecule has 0 aromatic heterocycles. The highest BCUT2D eigenvalue weighted by molar-refractivity contribution is 5.70. The molecule has 0 heterocycles. The molecule has 0 radical (unpaired) electrons. The van der Waals surface area contributed by atoms with Crippen molar-refractivity contribution in [2.45, 2.75) is 6.92 Å². The molecular formula is C13H20N5O+. The van der Waals surface area contributed by atoms with Crippen molar-refractivity contribution in [3.63, 3.8) is 0 Å². The van der Waals surface area contributed by atoms with Crippen LogP contribution in [0.5, 0.6) is 0 Å². The number of nitrogens with two attached hydrogens (primary N) is 3. The normalized spacial score (nSPS) is 12.1. The quantitative estimate of drug-likeness (QED) is 0.313. The van der Waals surface area contributed by atoms with Gasteiger partial charge < -0.3 is 11.5 Å². The van der Waals surface area contributed by atoms with Crippen molar-refractivity contribution in [2.75, 3.05) is 25.1 Å². The van der Waals surface area contributed by atoms with Gasteiger partial charge >= 0.3 is 0 Å². The topological polar surface area (TPSA) is 103 Å². The van der Waals surface area contributed by atoms with Crippen LogP contribution in [0.2, 0.25) is 0 Å². The third kappa shape index (κ3) is 5.33. The summed E-state index contributed by atoms with van der Waals surface area (Å²) in [6.07, 6.45) is 7.38. The van der Waals surface area contributed by atoms with E-state index in [1.54, 1.807) is 24.9 Å². The van der Waals surface area contributed by atoms with Gasteiger partial charge in [-0.05, 0) is 30.7 Å². The fourth-order valence-corrected chi connectivity index (χ4v) is 1.31. The summed E-state index contributed by atoms with van der Waals surface area (Å²) in [5.74, 6) is 0. The van der Waals surface area contributed by atoms with Gasteiger partial charge in [0.05, 0.1) is 19.3 Å². The van der Waals surface area contributed by atoms with E-state index in [1.807, 2.05) is 31.2 Å². The SMILES string of the molecule is CO[NH2+]/C=C\C=C/CN=Nc1cc(C)c(N)cc1N. The number of benzene rings is 1. The number of hydroxylamine groups is 1. The van der Waals surface area contributed by atoms with Gasteiger partial charge in [-0.25, -0.2) is 4.84 Å². The van der Waals surface area contributed by atoms with E-state index in [0.717, 1.165) is 5.56 Å². The van der Waals surface area contributed by atoms with Crippen LogP contribution in [-0.2, 0) is 4.84 Å². The number of rotatable bonds is 6. The Hall–Kier alpha value is -2.18. The maximum atomic E-state index is 5.81.